The molecular weight excluding hydrogens is 593 g/mol. The number of aromatic nitrogens is 4. The molecule has 4 aliphatic heterocycles. The molecule has 196 valence electrons. The lowest BCUT2D eigenvalue weighted by molar-refractivity contribution is -0.560. The second kappa shape index (κ2) is 14.0. The Kier molecular flexibility index (Phi) is 11.4. The Morgan fingerprint density at radius 3 is 1.83 bits per heavy atom. The van der Waals surface area contributed by atoms with E-state index in [-0.39, 0.29) is 17.7 Å². The van der Waals surface area contributed by atoms with Crippen LogP contribution in [0.3, 0.4) is 0 Å². The Labute approximate surface area is 235 Å². The Morgan fingerprint density at radius 2 is 1.36 bits per heavy atom. The van der Waals surface area contributed by atoms with Crippen LogP contribution in [0.25, 0.3) is 0 Å². The predicted molar refractivity (Wildman–Crippen MR) is 144 cm³/mol. The summed E-state index contributed by atoms with van der Waals surface area (Å²) in [7, 11) is 0. The molecule has 0 spiro atoms. The average molecular weight is 623 g/mol. The number of nitrogens with zero attached hydrogens (tertiary/aromatic N) is 6. The summed E-state index contributed by atoms with van der Waals surface area (Å²) in [6, 6.07) is 1.86. The highest BCUT2D eigenvalue weighted by Gasteiger charge is 2.40. The van der Waals surface area contributed by atoms with Gasteiger partial charge in [-0.25, -0.2) is 19.9 Å². The lowest BCUT2D eigenvalue weighted by Gasteiger charge is -2.33. The van der Waals surface area contributed by atoms with E-state index in [9.17, 15) is 9.70 Å². The lowest BCUT2D eigenvalue weighted by Crippen LogP contribution is -2.45. The molecule has 13 heteroatoms. The number of halogens is 4. The first-order chi connectivity index (χ1) is 16.9. The monoisotopic (exact) mass is 620 g/mol. The number of Topliss-reactive ketones (excluding diaryl/α,β-unsaturated/α-hetero) is 1. The van der Waals surface area contributed by atoms with Gasteiger partial charge >= 0.3 is 0 Å². The van der Waals surface area contributed by atoms with Gasteiger partial charge in [0.1, 0.15) is 5.78 Å². The van der Waals surface area contributed by atoms with Crippen molar-refractivity contribution in [2.24, 2.45) is 0 Å². The molecule has 4 aliphatic rings. The Hall–Kier alpha value is -1.30. The van der Waals surface area contributed by atoms with Gasteiger partial charge in [-0.1, -0.05) is 15.9 Å². The van der Waals surface area contributed by atoms with Crippen molar-refractivity contribution >= 4 is 57.3 Å². The van der Waals surface area contributed by atoms with Crippen LogP contribution in [-0.2, 0) is 16.7 Å². The zero-order valence-electron chi connectivity index (χ0n) is 19.7. The first kappa shape index (κ1) is 29.3. The highest BCUT2D eigenvalue weighted by atomic mass is 79.9. The Bertz CT molecular complexity index is 986. The van der Waals surface area contributed by atoms with Crippen LogP contribution in [0.5, 0.6) is 0 Å². The molecule has 2 aromatic heterocycles. The van der Waals surface area contributed by atoms with E-state index in [1.54, 1.807) is 24.8 Å². The zero-order chi connectivity index (χ0) is 24.8. The second-order valence-corrected chi connectivity index (χ2v) is 10.6. The number of piperazine rings is 1. The molecule has 6 heterocycles. The summed E-state index contributed by atoms with van der Waals surface area (Å²) < 4.78 is 1.18. The van der Waals surface area contributed by atoms with E-state index in [1.165, 1.54) is 17.6 Å². The zero-order valence-corrected chi connectivity index (χ0v) is 23.6. The molecule has 36 heavy (non-hydrogen) atoms. The van der Waals surface area contributed by atoms with Crippen LogP contribution in [0.4, 0.5) is 0 Å². The van der Waals surface area contributed by atoms with E-state index in [2.05, 4.69) is 46.1 Å². The molecular formula is C23H30BrCl3N7O2+. The third-order valence-electron chi connectivity index (χ3n) is 6.75. The molecule has 0 aromatic carbocycles. The van der Waals surface area contributed by atoms with E-state index >= 15 is 0 Å². The number of nitrogens with one attached hydrogen (secondary N) is 1. The second-order valence-electron chi connectivity index (χ2n) is 9.34. The van der Waals surface area contributed by atoms with Crippen molar-refractivity contribution in [1.82, 2.24) is 30.2 Å². The normalized spacial score (nSPS) is 26.3. The quantitative estimate of drug-likeness (QED) is 0.309. The van der Waals surface area contributed by atoms with Crippen molar-refractivity contribution in [2.75, 3.05) is 13.1 Å². The van der Waals surface area contributed by atoms with Crippen LogP contribution in [-0.4, -0.2) is 72.6 Å². The molecule has 9 nitrogen and oxygen atoms in total. The number of ketones is 1. The first-order valence-corrected chi connectivity index (χ1v) is 13.7. The molecule has 4 fully saturated rings. The summed E-state index contributed by atoms with van der Waals surface area (Å²) in [6.07, 6.45) is 13.0. The summed E-state index contributed by atoms with van der Waals surface area (Å²) in [5.41, 5.74) is 2.10. The van der Waals surface area contributed by atoms with Crippen molar-refractivity contribution in [1.29, 1.82) is 0 Å². The number of alkyl halides is 1. The van der Waals surface area contributed by atoms with Crippen molar-refractivity contribution in [3.05, 3.63) is 51.4 Å². The average Bonchev–Trinajstić information content (AvgIpc) is 3.30. The fourth-order valence-electron chi connectivity index (χ4n) is 5.12. The van der Waals surface area contributed by atoms with E-state index in [0.717, 1.165) is 35.8 Å². The number of hydrogen-bond acceptors (Lipinski definition) is 8. The summed E-state index contributed by atoms with van der Waals surface area (Å²) in [5, 5.41) is 4.72. The summed E-state index contributed by atoms with van der Waals surface area (Å²) >= 11 is 14.4. The highest BCUT2D eigenvalue weighted by Crippen LogP contribution is 2.34. The van der Waals surface area contributed by atoms with E-state index in [0.29, 0.717) is 61.2 Å². The van der Waals surface area contributed by atoms with Gasteiger partial charge < -0.3 is 0 Å². The highest BCUT2D eigenvalue weighted by molar-refractivity contribution is 9.08. The molecule has 0 radical (unpaired) electrons. The number of rotatable bonds is 3. The van der Waals surface area contributed by atoms with Gasteiger partial charge in [0.25, 0.3) is 0 Å². The van der Waals surface area contributed by atoms with Crippen molar-refractivity contribution in [3.8, 4) is 0 Å². The van der Waals surface area contributed by atoms with Crippen LogP contribution in [0.1, 0.15) is 49.7 Å². The molecule has 1 N–H and O–H groups in total. The van der Waals surface area contributed by atoms with Crippen LogP contribution in [0, 0.1) is 4.91 Å². The van der Waals surface area contributed by atoms with Gasteiger partial charge in [-0.05, 0) is 54.4 Å². The standard InChI is InChI=1S/C12H14ClN3O.C6H11N2O.C5H4BrClN2.ClH/c13-12-14-5-8(6-15-12)7-16-9-1-2-10(16)4-11(17)3-9;9-8-3-5-1-2-6(4-8)7-5;6-1-4-2-8-5(7)9-3-4;/h5-6,9-10H,1-4,7H2;5-7H,1-4H2;2-3H,1H2;1H/q;+1;;. The number of hydrogen-bond donors (Lipinski definition) is 1. The summed E-state index contributed by atoms with van der Waals surface area (Å²) in [5.74, 6) is 0.418. The molecule has 0 amide bonds. The topological polar surface area (TPSA) is 104 Å². The minimum absolute atomic E-state index is 0. The SMILES string of the molecule is Cl.Clc1ncc(CBr)cn1.O=C1CC2CCC(C1)N2Cc1cnc(Cl)nc1.O=[N+]1CC2CCC(C1)N2. The maximum absolute atomic E-state index is 11.5. The number of piperidine rings is 1. The molecule has 4 unspecified atom stereocenters. The van der Waals surface area contributed by atoms with Gasteiger partial charge in [0.2, 0.25) is 23.7 Å². The molecule has 6 rings (SSSR count). The van der Waals surface area contributed by atoms with Crippen molar-refractivity contribution < 1.29 is 9.55 Å². The predicted octanol–water partition coefficient (Wildman–Crippen LogP) is 4.17. The van der Waals surface area contributed by atoms with Crippen LogP contribution in [0.2, 0.25) is 10.6 Å². The van der Waals surface area contributed by atoms with E-state index < -0.39 is 0 Å². The van der Waals surface area contributed by atoms with Gasteiger partial charge in [-0.2, -0.15) is 0 Å². The molecule has 4 saturated heterocycles. The van der Waals surface area contributed by atoms with E-state index in [4.69, 9.17) is 23.2 Å². The van der Waals surface area contributed by atoms with Crippen LogP contribution >= 0.6 is 51.5 Å². The number of nitroso groups, excluding NO2 is 1. The first-order valence-electron chi connectivity index (χ1n) is 11.8. The fourth-order valence-corrected chi connectivity index (χ4v) is 5.60. The van der Waals surface area contributed by atoms with Gasteiger partial charge in [0.05, 0.1) is 12.1 Å². The molecule has 0 aliphatic carbocycles. The van der Waals surface area contributed by atoms with E-state index in [1.807, 2.05) is 0 Å². The third kappa shape index (κ3) is 8.36. The van der Waals surface area contributed by atoms with Gasteiger partial charge in [-0.15, -0.1) is 12.4 Å². The van der Waals surface area contributed by atoms with Crippen molar-refractivity contribution in [3.63, 3.8) is 0 Å². The van der Waals surface area contributed by atoms with Gasteiger partial charge in [-0.3, -0.25) is 15.0 Å². The summed E-state index contributed by atoms with van der Waals surface area (Å²) in [4.78, 5) is 40.3. The molecule has 4 atom stereocenters. The number of fused-ring (bicyclic) bond motifs is 4. The number of carbonyl (C=O) groups excluding carboxylic acids is 1. The van der Waals surface area contributed by atoms with Gasteiger partial charge in [0, 0.05) is 76.8 Å². The Morgan fingerprint density at radius 1 is 0.889 bits per heavy atom. The fraction of sp³-hybridized carbons (Fsp3) is 0.609. The van der Waals surface area contributed by atoms with Crippen LogP contribution in [0.15, 0.2) is 24.8 Å². The van der Waals surface area contributed by atoms with Crippen molar-refractivity contribution in [2.45, 2.75) is 74.6 Å². The maximum Gasteiger partial charge on any atom is 0.222 e. The summed E-state index contributed by atoms with van der Waals surface area (Å²) in [6.45, 7) is 2.24. The maximum atomic E-state index is 11.5. The smallest absolute Gasteiger partial charge is 0.222 e. The molecule has 0 saturated carbocycles. The number of carbonyl (C=O) groups is 1. The molecule has 4 bridgehead atoms. The molecule has 2 aromatic rings. The Balaban J connectivity index is 0.000000162. The van der Waals surface area contributed by atoms with Gasteiger partial charge in [0.15, 0.2) is 0 Å². The minimum atomic E-state index is 0. The van der Waals surface area contributed by atoms with Crippen LogP contribution < -0.4 is 5.32 Å². The third-order valence-corrected chi connectivity index (χ3v) is 7.79. The lowest BCUT2D eigenvalue weighted by atomic mass is 10.0. The minimum Gasteiger partial charge on any atom is -0.300 e. The largest absolute Gasteiger partial charge is 0.300 e.